The van der Waals surface area contributed by atoms with Crippen molar-refractivity contribution in [2.24, 2.45) is 0 Å². The van der Waals surface area contributed by atoms with Gasteiger partial charge in [0.25, 0.3) is 0 Å². The third kappa shape index (κ3) is 5.68. The van der Waals surface area contributed by atoms with E-state index in [1.807, 2.05) is 0 Å². The van der Waals surface area contributed by atoms with Gasteiger partial charge >= 0.3 is 28.5 Å². The number of benzene rings is 4. The Labute approximate surface area is 323 Å². The molecule has 0 spiro atoms. The zero-order valence-corrected chi connectivity index (χ0v) is 35.2. The molecule has 0 radical (unpaired) electrons. The molecule has 4 aromatic carbocycles. The van der Waals surface area contributed by atoms with Crippen LogP contribution in [0.5, 0.6) is 0 Å². The maximum Gasteiger partial charge on any atom is 0.495 e. The lowest BCUT2D eigenvalue weighted by molar-refractivity contribution is 0.00578. The highest BCUT2D eigenvalue weighted by Crippen LogP contribution is 2.42. The Morgan fingerprint density at radius 1 is 0.278 bits per heavy atom. The van der Waals surface area contributed by atoms with Gasteiger partial charge in [-0.25, -0.2) is 0 Å². The fraction of sp³-hybridized carbons (Fsp3) is 0.571. The molecule has 12 heteroatoms. The fourth-order valence-electron chi connectivity index (χ4n) is 7.72. The molecule has 284 valence electrons. The molecule has 4 aliphatic rings. The van der Waals surface area contributed by atoms with E-state index in [9.17, 15) is 0 Å². The average molecular weight is 732 g/mol. The van der Waals surface area contributed by atoms with Crippen LogP contribution in [0.15, 0.2) is 48.5 Å². The van der Waals surface area contributed by atoms with Crippen molar-refractivity contribution in [2.75, 3.05) is 0 Å². The average Bonchev–Trinajstić information content (AvgIpc) is 3.59. The molecule has 0 unspecified atom stereocenters. The minimum atomic E-state index is -0.600. The van der Waals surface area contributed by atoms with Gasteiger partial charge in [0, 0.05) is 0 Å². The molecular weight excluding hydrogens is 676 g/mol. The first kappa shape index (κ1) is 38.5. The summed E-state index contributed by atoms with van der Waals surface area (Å²) in [6.07, 6.45) is 0. The van der Waals surface area contributed by atoms with Gasteiger partial charge in [-0.15, -0.1) is 0 Å². The minimum Gasteiger partial charge on any atom is -0.399 e. The molecule has 0 aromatic heterocycles. The van der Waals surface area contributed by atoms with Crippen LogP contribution in [0.3, 0.4) is 0 Å². The summed E-state index contributed by atoms with van der Waals surface area (Å²) in [6.45, 7) is 33.4. The Balaban J connectivity index is 1.38. The third-order valence-electron chi connectivity index (χ3n) is 14.2. The molecule has 4 aromatic rings. The Kier molecular flexibility index (Phi) is 8.26. The standard InChI is InChI=1S/C42H56B4O8/c1-35(2)36(3,4)48-43(47-35)25-17-19-27-29-24-34(46-53-41(13,14)42(15,16)54-46)32-22-26(44-49-37(5,6)38(7,8)50-44)18-20-28(32)30(29)23-33(31(27)21-25)45-51-39(9,10)40(11,12)52-45/h17-24H,1-16H3. The second kappa shape index (κ2) is 11.6. The summed E-state index contributed by atoms with van der Waals surface area (Å²) in [7, 11) is -2.24. The van der Waals surface area contributed by atoms with E-state index in [1.54, 1.807) is 0 Å². The van der Waals surface area contributed by atoms with Crippen molar-refractivity contribution in [3.05, 3.63) is 48.5 Å². The van der Waals surface area contributed by atoms with Crippen molar-refractivity contribution in [3.63, 3.8) is 0 Å². The Bertz CT molecular complexity index is 1990. The Hall–Kier alpha value is -2.40. The van der Waals surface area contributed by atoms with Crippen LogP contribution in [0.2, 0.25) is 0 Å². The first-order chi connectivity index (χ1) is 24.7. The summed E-state index contributed by atoms with van der Waals surface area (Å²) in [5, 5.41) is 6.31. The monoisotopic (exact) mass is 732 g/mol. The summed E-state index contributed by atoms with van der Waals surface area (Å²) in [4.78, 5) is 0. The predicted octanol–water partition coefficient (Wildman–Crippen LogP) is 6.34. The minimum absolute atomic E-state index is 0.472. The van der Waals surface area contributed by atoms with E-state index in [0.717, 1.165) is 54.2 Å². The van der Waals surface area contributed by atoms with Crippen LogP contribution in [0.4, 0.5) is 0 Å². The summed E-state index contributed by atoms with van der Waals surface area (Å²) >= 11 is 0. The van der Waals surface area contributed by atoms with Gasteiger partial charge in [-0.2, -0.15) is 0 Å². The van der Waals surface area contributed by atoms with Crippen LogP contribution in [-0.2, 0) is 37.2 Å². The summed E-state index contributed by atoms with van der Waals surface area (Å²) in [5.41, 5.74) is -0.199. The lowest BCUT2D eigenvalue weighted by Crippen LogP contribution is -2.41. The number of hydrogen-bond donors (Lipinski definition) is 0. The van der Waals surface area contributed by atoms with Gasteiger partial charge in [0.2, 0.25) is 0 Å². The molecule has 4 saturated heterocycles. The highest BCUT2D eigenvalue weighted by atomic mass is 16.7. The zero-order valence-electron chi connectivity index (χ0n) is 35.2. The van der Waals surface area contributed by atoms with E-state index in [1.165, 1.54) is 0 Å². The normalized spacial score (nSPS) is 25.9. The Morgan fingerprint density at radius 3 is 0.778 bits per heavy atom. The second-order valence-electron chi connectivity index (χ2n) is 20.0. The van der Waals surface area contributed by atoms with Crippen molar-refractivity contribution in [1.82, 2.24) is 0 Å². The van der Waals surface area contributed by atoms with Crippen molar-refractivity contribution in [3.8, 4) is 0 Å². The molecule has 0 bridgehead atoms. The maximum absolute atomic E-state index is 6.77. The van der Waals surface area contributed by atoms with E-state index in [0.29, 0.717) is 0 Å². The van der Waals surface area contributed by atoms with Crippen LogP contribution < -0.4 is 21.9 Å². The molecule has 4 heterocycles. The van der Waals surface area contributed by atoms with E-state index in [2.05, 4.69) is 159 Å². The Morgan fingerprint density at radius 2 is 0.519 bits per heavy atom. The predicted molar refractivity (Wildman–Crippen MR) is 222 cm³/mol. The van der Waals surface area contributed by atoms with Crippen LogP contribution in [0, 0.1) is 0 Å². The molecule has 4 aliphatic heterocycles. The molecule has 54 heavy (non-hydrogen) atoms. The molecule has 8 rings (SSSR count). The summed E-state index contributed by atoms with van der Waals surface area (Å²) in [6, 6.07) is 17.5. The number of rotatable bonds is 4. The highest BCUT2D eigenvalue weighted by molar-refractivity contribution is 6.69. The van der Waals surface area contributed by atoms with Gasteiger partial charge in [0.05, 0.1) is 44.8 Å². The zero-order chi connectivity index (χ0) is 39.4. The van der Waals surface area contributed by atoms with Gasteiger partial charge < -0.3 is 37.2 Å². The lowest BCUT2D eigenvalue weighted by atomic mass is 9.69. The fourth-order valence-corrected chi connectivity index (χ4v) is 7.72. The molecule has 0 aliphatic carbocycles. The molecule has 0 atom stereocenters. The lowest BCUT2D eigenvalue weighted by Gasteiger charge is -2.32. The topological polar surface area (TPSA) is 73.8 Å². The second-order valence-corrected chi connectivity index (χ2v) is 20.0. The number of fused-ring (bicyclic) bond motifs is 5. The largest absolute Gasteiger partial charge is 0.495 e. The van der Waals surface area contributed by atoms with Crippen LogP contribution in [0.25, 0.3) is 32.3 Å². The third-order valence-corrected chi connectivity index (χ3v) is 14.2. The van der Waals surface area contributed by atoms with E-state index in [4.69, 9.17) is 37.2 Å². The van der Waals surface area contributed by atoms with Crippen molar-refractivity contribution in [2.45, 2.75) is 156 Å². The van der Waals surface area contributed by atoms with Crippen molar-refractivity contribution in [1.29, 1.82) is 0 Å². The van der Waals surface area contributed by atoms with Crippen LogP contribution in [0.1, 0.15) is 111 Å². The quantitative estimate of drug-likeness (QED) is 0.178. The molecule has 0 amide bonds. The van der Waals surface area contributed by atoms with E-state index >= 15 is 0 Å². The summed E-state index contributed by atoms with van der Waals surface area (Å²) in [5.74, 6) is 0. The van der Waals surface area contributed by atoms with Gasteiger partial charge in [-0.05, 0) is 165 Å². The van der Waals surface area contributed by atoms with Gasteiger partial charge in [-0.3, -0.25) is 0 Å². The SMILES string of the molecule is CC1(C)OB(c2ccc3c(c2)c(B2OC(C)(C)C(C)(C)O2)cc2c4ccc(B5OC(C)(C)C(C)(C)O5)cc4c(B4OC(C)(C)C(C)(C)O4)cc32)OC1(C)C. The first-order valence-corrected chi connectivity index (χ1v) is 19.6. The molecule has 4 fully saturated rings. The number of hydrogen-bond acceptors (Lipinski definition) is 8. The van der Waals surface area contributed by atoms with Crippen LogP contribution >= 0.6 is 0 Å². The van der Waals surface area contributed by atoms with Gasteiger partial charge in [0.15, 0.2) is 0 Å². The molecule has 8 nitrogen and oxygen atoms in total. The molecule has 0 N–H and O–H groups in total. The highest BCUT2D eigenvalue weighted by Gasteiger charge is 2.56. The van der Waals surface area contributed by atoms with Gasteiger partial charge in [-0.1, -0.05) is 48.5 Å². The first-order valence-electron chi connectivity index (χ1n) is 19.6. The van der Waals surface area contributed by atoms with Crippen molar-refractivity contribution < 1.29 is 37.2 Å². The molecule has 0 saturated carbocycles. The van der Waals surface area contributed by atoms with Crippen molar-refractivity contribution >= 4 is 82.6 Å². The van der Waals surface area contributed by atoms with Crippen LogP contribution in [-0.4, -0.2) is 73.3 Å². The van der Waals surface area contributed by atoms with Gasteiger partial charge in [0.1, 0.15) is 0 Å². The maximum atomic E-state index is 6.77. The van der Waals surface area contributed by atoms with E-state index in [-0.39, 0.29) is 0 Å². The van der Waals surface area contributed by atoms with E-state index < -0.39 is 73.3 Å². The molecular formula is C42H56B4O8. The summed E-state index contributed by atoms with van der Waals surface area (Å²) < 4.78 is 53.2. The smallest absolute Gasteiger partial charge is 0.399 e.